The van der Waals surface area contributed by atoms with Crippen LogP contribution in [-0.2, 0) is 0 Å². The summed E-state index contributed by atoms with van der Waals surface area (Å²) in [4.78, 5) is 3.89. The molecule has 4 radical (unpaired) electrons. The van der Waals surface area contributed by atoms with Crippen LogP contribution in [0.1, 0.15) is 16.8 Å². The zero-order valence-electron chi connectivity index (χ0n) is 5.56. The Morgan fingerprint density at radius 3 is 2.60 bits per heavy atom. The maximum atomic E-state index is 5.60. The molecule has 0 aliphatic rings. The molecule has 0 fully saturated rings. The van der Waals surface area contributed by atoms with E-state index in [2.05, 4.69) is 4.98 Å². The van der Waals surface area contributed by atoms with Gasteiger partial charge >= 0.3 is 0 Å². The molecule has 1 nitrogen and oxygen atoms in total. The number of hydrogen-bond acceptors (Lipinski definition) is 1. The van der Waals surface area contributed by atoms with Crippen molar-refractivity contribution in [2.75, 3.05) is 0 Å². The summed E-state index contributed by atoms with van der Waals surface area (Å²) in [5.74, 6) is 0. The first-order valence-electron chi connectivity index (χ1n) is 2.79. The zero-order chi connectivity index (χ0) is 7.72. The molecule has 1 heterocycles. The third-order valence-electron chi connectivity index (χ3n) is 1.17. The largest absolute Gasteiger partial charge is 0.241 e. The minimum absolute atomic E-state index is 0.275. The summed E-state index contributed by atoms with van der Waals surface area (Å²) in [7, 11) is 0. The number of rotatable bonds is 0. The van der Waals surface area contributed by atoms with Crippen LogP contribution < -0.4 is 0 Å². The van der Waals surface area contributed by atoms with Gasteiger partial charge in [0.05, 0.1) is 0 Å². The molecule has 1 aromatic rings. The van der Waals surface area contributed by atoms with Crippen molar-refractivity contribution < 1.29 is 0 Å². The predicted molar refractivity (Wildman–Crippen MR) is 40.8 cm³/mol. The van der Waals surface area contributed by atoms with Gasteiger partial charge in [-0.25, -0.2) is 4.98 Å². The lowest BCUT2D eigenvalue weighted by Crippen LogP contribution is -1.89. The second-order valence-corrected chi connectivity index (χ2v) is 2.42. The molecule has 0 bridgehead atoms. The highest BCUT2D eigenvalue weighted by Crippen LogP contribution is 2.16. The zero-order valence-corrected chi connectivity index (χ0v) is 6.31. The Kier molecular flexibility index (Phi) is 1.95. The molecule has 0 aromatic carbocycles. The van der Waals surface area contributed by atoms with E-state index in [1.165, 1.54) is 0 Å². The van der Waals surface area contributed by atoms with Gasteiger partial charge in [0.1, 0.15) is 5.15 Å². The molecule has 0 saturated heterocycles. The lowest BCUT2D eigenvalue weighted by molar-refractivity contribution is 1.18. The molecule has 0 saturated carbocycles. The van der Waals surface area contributed by atoms with E-state index in [1.54, 1.807) is 6.07 Å². The Labute approximate surface area is 66.0 Å². The average molecular weight is 152 g/mol. The molecular weight excluding hydrogens is 146 g/mol. The van der Waals surface area contributed by atoms with Crippen molar-refractivity contribution >= 4 is 11.6 Å². The number of pyridine rings is 1. The number of hydrogen-bond donors (Lipinski definition) is 0. The number of halogens is 1. The second kappa shape index (κ2) is 2.59. The van der Waals surface area contributed by atoms with Gasteiger partial charge in [0.15, 0.2) is 0 Å². The van der Waals surface area contributed by atoms with E-state index in [1.807, 2.05) is 6.92 Å². The van der Waals surface area contributed by atoms with Crippen LogP contribution in [0.3, 0.4) is 0 Å². The maximum Gasteiger partial charge on any atom is 0.133 e. The molecule has 0 amide bonds. The van der Waals surface area contributed by atoms with Gasteiger partial charge in [0.2, 0.25) is 0 Å². The van der Waals surface area contributed by atoms with E-state index in [0.717, 1.165) is 5.69 Å². The highest BCUT2D eigenvalue weighted by atomic mass is 35.5. The molecule has 0 N–H and O–H groups in total. The third kappa shape index (κ3) is 1.29. The highest BCUT2D eigenvalue weighted by molar-refractivity contribution is 6.30. The van der Waals surface area contributed by atoms with Crippen LogP contribution in [0.4, 0.5) is 0 Å². The Bertz CT molecular complexity index is 232. The van der Waals surface area contributed by atoms with E-state index in [9.17, 15) is 0 Å². The lowest BCUT2D eigenvalue weighted by atomic mass is 10.1. The second-order valence-electron chi connectivity index (χ2n) is 2.06. The molecule has 0 spiro atoms. The summed E-state index contributed by atoms with van der Waals surface area (Å²) < 4.78 is 0. The minimum atomic E-state index is 0.275. The third-order valence-corrected chi connectivity index (χ3v) is 1.46. The van der Waals surface area contributed by atoms with Crippen LogP contribution in [0.25, 0.3) is 0 Å². The number of aromatic nitrogens is 1. The Balaban J connectivity index is 3.31. The first-order valence-corrected chi connectivity index (χ1v) is 3.17. The number of aryl methyl sites for hydroxylation is 1. The van der Waals surface area contributed by atoms with Crippen LogP contribution in [-0.4, -0.2) is 4.98 Å². The molecule has 1 rings (SSSR count). The van der Waals surface area contributed by atoms with Gasteiger partial charge in [-0.15, -0.1) is 0 Å². The molecule has 0 unspecified atom stereocenters. The van der Waals surface area contributed by atoms with Gasteiger partial charge in [-0.3, -0.25) is 0 Å². The van der Waals surface area contributed by atoms with Crippen molar-refractivity contribution in [3.63, 3.8) is 0 Å². The molecule has 0 aliphatic heterocycles. The topological polar surface area (TPSA) is 12.9 Å². The van der Waals surface area contributed by atoms with E-state index >= 15 is 0 Å². The van der Waals surface area contributed by atoms with Crippen molar-refractivity contribution in [2.45, 2.75) is 6.92 Å². The first kappa shape index (κ1) is 7.55. The lowest BCUT2D eigenvalue weighted by Gasteiger charge is -2.01. The molecule has 50 valence electrons. The molecule has 1 aromatic heterocycles. The van der Waals surface area contributed by atoms with Crippen molar-refractivity contribution in [1.82, 2.24) is 4.98 Å². The molecular formula is C8H6ClN. The standard InChI is InChI=1S/C8H6ClN/c1-5-4-6(2)10-8(9)7(5)3/h1,3-4H,2H3. The predicted octanol–water partition coefficient (Wildman–Crippen LogP) is 2.16. The van der Waals surface area contributed by atoms with Gasteiger partial charge in [0, 0.05) is 12.6 Å². The van der Waals surface area contributed by atoms with Crippen LogP contribution in [0, 0.1) is 20.8 Å². The van der Waals surface area contributed by atoms with Crippen LogP contribution >= 0.6 is 11.6 Å². The van der Waals surface area contributed by atoms with Crippen LogP contribution in [0.5, 0.6) is 0 Å². The fourth-order valence-corrected chi connectivity index (χ4v) is 0.912. The summed E-state index contributed by atoms with van der Waals surface area (Å²) in [6.07, 6.45) is 0. The molecule has 2 heteroatoms. The van der Waals surface area contributed by atoms with Gasteiger partial charge in [0.25, 0.3) is 0 Å². The Morgan fingerprint density at radius 2 is 2.10 bits per heavy atom. The Morgan fingerprint density at radius 1 is 1.50 bits per heavy atom. The fraction of sp³-hybridized carbons (Fsp3) is 0.125. The maximum absolute atomic E-state index is 5.60. The minimum Gasteiger partial charge on any atom is -0.241 e. The fourth-order valence-electron chi connectivity index (χ4n) is 0.669. The van der Waals surface area contributed by atoms with Crippen molar-refractivity contribution in [3.8, 4) is 0 Å². The van der Waals surface area contributed by atoms with E-state index < -0.39 is 0 Å². The molecule has 10 heavy (non-hydrogen) atoms. The van der Waals surface area contributed by atoms with E-state index in [4.69, 9.17) is 25.4 Å². The number of nitrogens with zero attached hydrogens (tertiary/aromatic N) is 1. The van der Waals surface area contributed by atoms with E-state index in [0.29, 0.717) is 11.1 Å². The summed E-state index contributed by atoms with van der Waals surface area (Å²) in [5, 5.41) is 0.275. The van der Waals surface area contributed by atoms with Gasteiger partial charge in [-0.1, -0.05) is 11.6 Å². The molecule has 0 aliphatic carbocycles. The van der Waals surface area contributed by atoms with Gasteiger partial charge in [-0.2, -0.15) is 0 Å². The van der Waals surface area contributed by atoms with Crippen molar-refractivity contribution in [2.24, 2.45) is 0 Å². The summed E-state index contributed by atoms with van der Waals surface area (Å²) >= 11 is 5.60. The van der Waals surface area contributed by atoms with Gasteiger partial charge in [-0.05, 0) is 31.0 Å². The molecule has 0 atom stereocenters. The van der Waals surface area contributed by atoms with Crippen molar-refractivity contribution in [1.29, 1.82) is 0 Å². The average Bonchev–Trinajstić information content (AvgIpc) is 1.82. The first-order chi connectivity index (χ1) is 4.61. The Hall–Kier alpha value is -0.560. The smallest absolute Gasteiger partial charge is 0.133 e. The SMILES string of the molecule is [CH]c1cc(C)nc(Cl)c1[CH]. The normalized spacial score (nSPS) is 10.0. The quantitative estimate of drug-likeness (QED) is 0.518. The van der Waals surface area contributed by atoms with E-state index in [-0.39, 0.29) is 5.15 Å². The van der Waals surface area contributed by atoms with Crippen molar-refractivity contribution in [3.05, 3.63) is 41.9 Å². The summed E-state index contributed by atoms with van der Waals surface area (Å²) in [6, 6.07) is 1.68. The highest BCUT2D eigenvalue weighted by Gasteiger charge is 2.00. The van der Waals surface area contributed by atoms with Gasteiger partial charge < -0.3 is 0 Å². The summed E-state index contributed by atoms with van der Waals surface area (Å²) in [6.45, 7) is 12.7. The summed E-state index contributed by atoms with van der Waals surface area (Å²) in [5.41, 5.74) is 1.61. The van der Waals surface area contributed by atoms with Crippen LogP contribution in [0.15, 0.2) is 6.07 Å². The van der Waals surface area contributed by atoms with Crippen LogP contribution in [0.2, 0.25) is 5.15 Å². The monoisotopic (exact) mass is 151 g/mol.